The molecule has 0 aromatic carbocycles. The predicted octanol–water partition coefficient (Wildman–Crippen LogP) is 3.67. The molecule has 0 unspecified atom stereocenters. The maximum atomic E-state index is 4.67. The summed E-state index contributed by atoms with van der Waals surface area (Å²) in [6.45, 7) is 10.7. The molecule has 1 aliphatic heterocycles. The van der Waals surface area contributed by atoms with E-state index in [1.54, 1.807) is 0 Å². The second kappa shape index (κ2) is 8.89. The second-order valence-electron chi connectivity index (χ2n) is 6.59. The summed E-state index contributed by atoms with van der Waals surface area (Å²) < 4.78 is 0. The van der Waals surface area contributed by atoms with Crippen LogP contribution < -0.4 is 15.5 Å². The number of rotatable bonds is 7. The number of hydrogen-bond donors (Lipinski definition) is 2. The van der Waals surface area contributed by atoms with Crippen molar-refractivity contribution < 1.29 is 0 Å². The van der Waals surface area contributed by atoms with E-state index in [0.29, 0.717) is 24.0 Å². The van der Waals surface area contributed by atoms with Crippen molar-refractivity contribution in [2.24, 2.45) is 0 Å². The van der Waals surface area contributed by atoms with Crippen LogP contribution in [0.1, 0.15) is 66.2 Å². The molecule has 1 aliphatic rings. The zero-order chi connectivity index (χ0) is 16.7. The van der Waals surface area contributed by atoms with Crippen LogP contribution in [0.25, 0.3) is 0 Å². The first-order valence-electron chi connectivity index (χ1n) is 9.16. The molecule has 1 aromatic heterocycles. The Morgan fingerprint density at radius 3 is 1.74 bits per heavy atom. The van der Waals surface area contributed by atoms with E-state index in [1.807, 2.05) is 0 Å². The second-order valence-corrected chi connectivity index (χ2v) is 6.59. The highest BCUT2D eigenvalue weighted by atomic mass is 15.3. The fourth-order valence-electron chi connectivity index (χ4n) is 2.55. The molecule has 23 heavy (non-hydrogen) atoms. The molecule has 6 nitrogen and oxygen atoms in total. The summed E-state index contributed by atoms with van der Waals surface area (Å²) in [5, 5.41) is 6.78. The standard InChI is InChI=1S/C17H32N6/c1-5-13(3)18-15-20-16(19-14(4)6-2)22-17(21-15)23-11-9-7-8-10-12-23/h13-14H,5-12H2,1-4H3,(H2,18,19,20,21,22)/t13-,14-/m0/s1. The minimum Gasteiger partial charge on any atom is -0.352 e. The normalized spacial score (nSPS) is 18.2. The molecule has 1 saturated heterocycles. The monoisotopic (exact) mass is 320 g/mol. The third-order valence-electron chi connectivity index (χ3n) is 4.49. The summed E-state index contributed by atoms with van der Waals surface area (Å²) in [4.78, 5) is 16.2. The van der Waals surface area contributed by atoms with Gasteiger partial charge in [0.2, 0.25) is 17.8 Å². The Balaban J connectivity index is 2.23. The predicted molar refractivity (Wildman–Crippen MR) is 97.3 cm³/mol. The van der Waals surface area contributed by atoms with Crippen molar-refractivity contribution in [3.8, 4) is 0 Å². The van der Waals surface area contributed by atoms with E-state index in [0.717, 1.165) is 31.9 Å². The first kappa shape index (κ1) is 17.8. The fourth-order valence-corrected chi connectivity index (χ4v) is 2.55. The third kappa shape index (κ3) is 5.52. The van der Waals surface area contributed by atoms with Gasteiger partial charge in [-0.2, -0.15) is 15.0 Å². The van der Waals surface area contributed by atoms with E-state index in [9.17, 15) is 0 Å². The Kier molecular flexibility index (Phi) is 6.86. The molecular formula is C17H32N6. The van der Waals surface area contributed by atoms with Crippen molar-refractivity contribution in [3.63, 3.8) is 0 Å². The van der Waals surface area contributed by atoms with Crippen LogP contribution in [0, 0.1) is 0 Å². The molecule has 2 heterocycles. The molecule has 0 bridgehead atoms. The van der Waals surface area contributed by atoms with Gasteiger partial charge in [0, 0.05) is 25.2 Å². The van der Waals surface area contributed by atoms with Crippen molar-refractivity contribution in [3.05, 3.63) is 0 Å². The summed E-state index contributed by atoms with van der Waals surface area (Å²) in [7, 11) is 0. The van der Waals surface area contributed by atoms with Crippen molar-refractivity contribution in [1.82, 2.24) is 15.0 Å². The van der Waals surface area contributed by atoms with E-state index >= 15 is 0 Å². The van der Waals surface area contributed by atoms with Gasteiger partial charge in [-0.1, -0.05) is 26.7 Å². The molecule has 0 aliphatic carbocycles. The minimum atomic E-state index is 0.353. The summed E-state index contributed by atoms with van der Waals surface area (Å²) >= 11 is 0. The first-order valence-corrected chi connectivity index (χ1v) is 9.16. The lowest BCUT2D eigenvalue weighted by Gasteiger charge is -2.22. The zero-order valence-electron chi connectivity index (χ0n) is 15.1. The number of hydrogen-bond acceptors (Lipinski definition) is 6. The highest BCUT2D eigenvalue weighted by Crippen LogP contribution is 2.19. The maximum Gasteiger partial charge on any atom is 0.231 e. The van der Waals surface area contributed by atoms with E-state index in [2.05, 4.69) is 58.2 Å². The number of nitrogens with one attached hydrogen (secondary N) is 2. The molecule has 0 radical (unpaired) electrons. The smallest absolute Gasteiger partial charge is 0.231 e. The summed E-state index contributed by atoms with van der Waals surface area (Å²) in [6, 6.07) is 0.705. The van der Waals surface area contributed by atoms with Crippen molar-refractivity contribution in [2.45, 2.75) is 78.3 Å². The average Bonchev–Trinajstić information content (AvgIpc) is 2.83. The molecule has 2 atom stereocenters. The highest BCUT2D eigenvalue weighted by molar-refractivity contribution is 5.44. The topological polar surface area (TPSA) is 66.0 Å². The number of nitrogens with zero attached hydrogens (tertiary/aromatic N) is 4. The Bertz CT molecular complexity index is 440. The molecule has 0 saturated carbocycles. The van der Waals surface area contributed by atoms with Crippen LogP contribution in [0.15, 0.2) is 0 Å². The molecule has 2 N–H and O–H groups in total. The largest absolute Gasteiger partial charge is 0.352 e. The summed E-state index contributed by atoms with van der Waals surface area (Å²) in [5.41, 5.74) is 0. The molecule has 0 spiro atoms. The van der Waals surface area contributed by atoms with Gasteiger partial charge >= 0.3 is 0 Å². The first-order chi connectivity index (χ1) is 11.1. The van der Waals surface area contributed by atoms with Gasteiger partial charge in [0.25, 0.3) is 0 Å². The van der Waals surface area contributed by atoms with E-state index in [1.165, 1.54) is 25.7 Å². The van der Waals surface area contributed by atoms with Crippen LogP contribution in [0.5, 0.6) is 0 Å². The minimum absolute atomic E-state index is 0.353. The molecular weight excluding hydrogens is 288 g/mol. The van der Waals surface area contributed by atoms with Crippen molar-refractivity contribution in [1.29, 1.82) is 0 Å². The van der Waals surface area contributed by atoms with Gasteiger partial charge in [-0.15, -0.1) is 0 Å². The Labute approximate surface area is 140 Å². The molecule has 2 rings (SSSR count). The van der Waals surface area contributed by atoms with Gasteiger partial charge in [0.15, 0.2) is 0 Å². The van der Waals surface area contributed by atoms with E-state index < -0.39 is 0 Å². The zero-order valence-corrected chi connectivity index (χ0v) is 15.1. The molecule has 1 aromatic rings. The maximum absolute atomic E-state index is 4.67. The van der Waals surface area contributed by atoms with Crippen LogP contribution in [-0.2, 0) is 0 Å². The Morgan fingerprint density at radius 1 is 0.826 bits per heavy atom. The Morgan fingerprint density at radius 2 is 1.30 bits per heavy atom. The van der Waals surface area contributed by atoms with Crippen LogP contribution in [0.4, 0.5) is 17.8 Å². The van der Waals surface area contributed by atoms with Crippen LogP contribution in [0.2, 0.25) is 0 Å². The van der Waals surface area contributed by atoms with Crippen LogP contribution >= 0.6 is 0 Å². The van der Waals surface area contributed by atoms with Gasteiger partial charge in [0.05, 0.1) is 0 Å². The lowest BCUT2D eigenvalue weighted by molar-refractivity contribution is 0.723. The van der Waals surface area contributed by atoms with Crippen molar-refractivity contribution in [2.75, 3.05) is 28.6 Å². The van der Waals surface area contributed by atoms with Gasteiger partial charge < -0.3 is 15.5 Å². The van der Waals surface area contributed by atoms with Crippen LogP contribution in [-0.4, -0.2) is 40.1 Å². The van der Waals surface area contributed by atoms with Gasteiger partial charge in [-0.25, -0.2) is 0 Å². The number of aromatic nitrogens is 3. The summed E-state index contributed by atoms with van der Waals surface area (Å²) in [5.74, 6) is 2.16. The lowest BCUT2D eigenvalue weighted by atomic mass is 10.2. The van der Waals surface area contributed by atoms with Crippen LogP contribution in [0.3, 0.4) is 0 Å². The fraction of sp³-hybridized carbons (Fsp3) is 0.824. The van der Waals surface area contributed by atoms with Crippen molar-refractivity contribution >= 4 is 17.8 Å². The highest BCUT2D eigenvalue weighted by Gasteiger charge is 2.16. The van der Waals surface area contributed by atoms with E-state index in [4.69, 9.17) is 0 Å². The Hall–Kier alpha value is -1.59. The molecule has 1 fully saturated rings. The molecule has 130 valence electrons. The van der Waals surface area contributed by atoms with Gasteiger partial charge in [0.1, 0.15) is 0 Å². The molecule has 6 heteroatoms. The SMILES string of the molecule is CC[C@H](C)Nc1nc(N[C@@H](C)CC)nc(N2CCCCCC2)n1. The quantitative estimate of drug-likeness (QED) is 0.799. The molecule has 0 amide bonds. The van der Waals surface area contributed by atoms with Gasteiger partial charge in [-0.3, -0.25) is 0 Å². The average molecular weight is 320 g/mol. The third-order valence-corrected chi connectivity index (χ3v) is 4.49. The summed E-state index contributed by atoms with van der Waals surface area (Å²) in [6.07, 6.45) is 7.12. The number of anilines is 3. The van der Waals surface area contributed by atoms with Gasteiger partial charge in [-0.05, 0) is 39.5 Å². The lowest BCUT2D eigenvalue weighted by Crippen LogP contribution is -2.28. The van der Waals surface area contributed by atoms with E-state index in [-0.39, 0.29) is 0 Å².